The number of nitrogens with zero attached hydrogens (tertiary/aromatic N) is 3. The number of hydrogen-bond acceptors (Lipinski definition) is 7. The minimum Gasteiger partial charge on any atom is -0.365 e. The number of nitrogens with one attached hydrogen (secondary N) is 2. The third-order valence-corrected chi connectivity index (χ3v) is 8.17. The summed E-state index contributed by atoms with van der Waals surface area (Å²) in [6.07, 6.45) is -6.40. The van der Waals surface area contributed by atoms with Crippen molar-refractivity contribution in [3.8, 4) is 0 Å². The molecule has 0 bridgehead atoms. The van der Waals surface area contributed by atoms with Gasteiger partial charge in [0.1, 0.15) is 5.82 Å². The van der Waals surface area contributed by atoms with Crippen molar-refractivity contribution < 1.29 is 34.8 Å². The van der Waals surface area contributed by atoms with E-state index in [1.54, 1.807) is 12.1 Å². The smallest absolute Gasteiger partial charge is 0.365 e. The second-order valence-corrected chi connectivity index (χ2v) is 11.0. The second kappa shape index (κ2) is 9.67. The fourth-order valence-corrected chi connectivity index (χ4v) is 5.92. The molecule has 16 heteroatoms. The summed E-state index contributed by atoms with van der Waals surface area (Å²) < 4.78 is 104. The van der Waals surface area contributed by atoms with E-state index in [4.69, 9.17) is 11.6 Å². The van der Waals surface area contributed by atoms with Gasteiger partial charge in [-0.25, -0.2) is 13.4 Å². The van der Waals surface area contributed by atoms with Crippen LogP contribution in [0.3, 0.4) is 0 Å². The number of halogens is 7. The van der Waals surface area contributed by atoms with Gasteiger partial charge >= 0.3 is 12.4 Å². The van der Waals surface area contributed by atoms with Crippen molar-refractivity contribution in [2.24, 2.45) is 0 Å². The number of pyridine rings is 1. The molecular formula is C20H16ClF6N5O2S2. The summed E-state index contributed by atoms with van der Waals surface area (Å²) in [7, 11) is -4.21. The first kappa shape index (κ1) is 26.4. The first-order valence-electron chi connectivity index (χ1n) is 10.3. The average Bonchev–Trinajstić information content (AvgIpc) is 3.44. The van der Waals surface area contributed by atoms with Gasteiger partial charge < -0.3 is 5.32 Å². The van der Waals surface area contributed by atoms with Gasteiger partial charge in [-0.05, 0) is 36.6 Å². The van der Waals surface area contributed by atoms with E-state index in [1.807, 2.05) is 4.72 Å². The normalized spacial score (nSPS) is 18.9. The van der Waals surface area contributed by atoms with Crippen LogP contribution in [0.15, 0.2) is 41.4 Å². The van der Waals surface area contributed by atoms with Gasteiger partial charge in [-0.15, -0.1) is 10.2 Å². The number of anilines is 2. The summed E-state index contributed by atoms with van der Waals surface area (Å²) in [5, 5.41) is 7.27. The van der Waals surface area contributed by atoms with E-state index in [-0.39, 0.29) is 39.0 Å². The SMILES string of the molecule is O=S(=O)(Nc1nnc(C(F)(F)F)s1)c1ccc(C2CCCC2Nc2ncc(C(F)(F)F)cc2Cl)cc1. The highest BCUT2D eigenvalue weighted by Crippen LogP contribution is 2.39. The number of hydrogen-bond donors (Lipinski definition) is 2. The van der Waals surface area contributed by atoms with E-state index >= 15 is 0 Å². The van der Waals surface area contributed by atoms with Gasteiger partial charge in [0, 0.05) is 18.2 Å². The Morgan fingerprint density at radius 3 is 2.28 bits per heavy atom. The van der Waals surface area contributed by atoms with Crippen LogP contribution in [0, 0.1) is 0 Å². The Morgan fingerprint density at radius 2 is 1.69 bits per heavy atom. The molecule has 4 rings (SSSR count). The largest absolute Gasteiger partial charge is 0.445 e. The average molecular weight is 572 g/mol. The highest BCUT2D eigenvalue weighted by Gasteiger charge is 2.36. The summed E-state index contributed by atoms with van der Waals surface area (Å²) in [6.45, 7) is 0. The molecule has 1 aliphatic rings. The zero-order chi connectivity index (χ0) is 26.3. The highest BCUT2D eigenvalue weighted by molar-refractivity contribution is 7.93. The number of alkyl halides is 6. The Bertz CT molecular complexity index is 1350. The van der Waals surface area contributed by atoms with Crippen molar-refractivity contribution >= 4 is 43.9 Å². The van der Waals surface area contributed by atoms with Crippen LogP contribution in [0.4, 0.5) is 37.3 Å². The third kappa shape index (κ3) is 5.83. The summed E-state index contributed by atoms with van der Waals surface area (Å²) in [4.78, 5) is 3.62. The third-order valence-electron chi connectivity index (χ3n) is 5.51. The zero-order valence-corrected chi connectivity index (χ0v) is 20.2. The number of rotatable bonds is 6. The molecule has 2 unspecified atom stereocenters. The summed E-state index contributed by atoms with van der Waals surface area (Å²) in [5.74, 6) is 0.00706. The molecular weight excluding hydrogens is 556 g/mol. The van der Waals surface area contributed by atoms with E-state index in [0.29, 0.717) is 12.6 Å². The lowest BCUT2D eigenvalue weighted by atomic mass is 9.94. The molecule has 0 aliphatic heterocycles. The van der Waals surface area contributed by atoms with Crippen molar-refractivity contribution in [2.75, 3.05) is 10.0 Å². The Labute approximate surface area is 210 Å². The molecule has 2 atom stereocenters. The minimum absolute atomic E-state index is 0.0645. The highest BCUT2D eigenvalue weighted by atomic mass is 35.5. The molecule has 0 spiro atoms. The Kier molecular flexibility index (Phi) is 7.09. The number of aromatic nitrogens is 3. The van der Waals surface area contributed by atoms with Crippen LogP contribution in [0.25, 0.3) is 0 Å². The Morgan fingerprint density at radius 1 is 1.00 bits per heavy atom. The molecule has 1 aliphatic carbocycles. The lowest BCUT2D eigenvalue weighted by molar-refractivity contribution is -0.138. The van der Waals surface area contributed by atoms with Crippen LogP contribution in [0.5, 0.6) is 0 Å². The maximum atomic E-state index is 12.9. The predicted molar refractivity (Wildman–Crippen MR) is 120 cm³/mol. The van der Waals surface area contributed by atoms with Crippen LogP contribution in [0.2, 0.25) is 5.02 Å². The Hall–Kier alpha value is -2.65. The molecule has 2 N–H and O–H groups in total. The maximum absolute atomic E-state index is 12.9. The van der Waals surface area contributed by atoms with E-state index in [1.165, 1.54) is 12.1 Å². The minimum atomic E-state index is -4.74. The molecule has 0 saturated heterocycles. The molecule has 2 heterocycles. The molecule has 7 nitrogen and oxygen atoms in total. The Balaban J connectivity index is 1.47. The van der Waals surface area contributed by atoms with Crippen molar-refractivity contribution in [3.05, 3.63) is 57.7 Å². The molecule has 1 aromatic carbocycles. The standard InChI is InChI=1S/C20H16ClF6N5O2S2/c21-14-8-11(19(22,23)24)9-28-16(14)29-15-3-1-2-13(15)10-4-6-12(7-5-10)36(33,34)32-18-31-30-17(35-18)20(25,26)27/h4-9,13,15H,1-3H2,(H,28,29)(H,31,32). The number of sulfonamides is 1. The monoisotopic (exact) mass is 571 g/mol. The summed E-state index contributed by atoms with van der Waals surface area (Å²) >= 11 is 6.07. The molecule has 1 fully saturated rings. The van der Waals surface area contributed by atoms with E-state index in [9.17, 15) is 34.8 Å². The van der Waals surface area contributed by atoms with Crippen molar-refractivity contribution in [2.45, 2.75) is 48.5 Å². The van der Waals surface area contributed by atoms with Crippen LogP contribution in [-0.2, 0) is 22.4 Å². The van der Waals surface area contributed by atoms with Gasteiger partial charge in [-0.1, -0.05) is 41.5 Å². The van der Waals surface area contributed by atoms with Gasteiger partial charge in [0.15, 0.2) is 0 Å². The summed E-state index contributed by atoms with van der Waals surface area (Å²) in [5.41, 5.74) is -0.197. The fourth-order valence-electron chi connectivity index (χ4n) is 3.85. The molecule has 0 amide bonds. The van der Waals surface area contributed by atoms with Gasteiger partial charge in [0.25, 0.3) is 10.0 Å². The zero-order valence-electron chi connectivity index (χ0n) is 17.9. The number of benzene rings is 1. The van der Waals surface area contributed by atoms with Gasteiger partial charge in [-0.2, -0.15) is 26.3 Å². The second-order valence-electron chi connectivity index (χ2n) is 7.93. The molecule has 1 saturated carbocycles. The molecule has 194 valence electrons. The van der Waals surface area contributed by atoms with Crippen LogP contribution < -0.4 is 10.0 Å². The summed E-state index contributed by atoms with van der Waals surface area (Å²) in [6, 6.07) is 6.34. The van der Waals surface area contributed by atoms with Crippen molar-refractivity contribution in [3.63, 3.8) is 0 Å². The van der Waals surface area contributed by atoms with Crippen molar-refractivity contribution in [1.29, 1.82) is 0 Å². The lowest BCUT2D eigenvalue weighted by Gasteiger charge is -2.23. The van der Waals surface area contributed by atoms with Crippen LogP contribution in [-0.4, -0.2) is 29.6 Å². The lowest BCUT2D eigenvalue weighted by Crippen LogP contribution is -2.23. The van der Waals surface area contributed by atoms with Crippen LogP contribution >= 0.6 is 22.9 Å². The first-order valence-corrected chi connectivity index (χ1v) is 12.9. The maximum Gasteiger partial charge on any atom is 0.445 e. The molecule has 2 aromatic heterocycles. The topological polar surface area (TPSA) is 96.9 Å². The van der Waals surface area contributed by atoms with Crippen LogP contribution in [0.1, 0.15) is 41.3 Å². The molecule has 36 heavy (non-hydrogen) atoms. The molecule has 3 aromatic rings. The van der Waals surface area contributed by atoms with E-state index < -0.39 is 38.1 Å². The fraction of sp³-hybridized carbons (Fsp3) is 0.350. The van der Waals surface area contributed by atoms with Crippen molar-refractivity contribution in [1.82, 2.24) is 15.2 Å². The van der Waals surface area contributed by atoms with Gasteiger partial charge in [0.2, 0.25) is 10.1 Å². The van der Waals surface area contributed by atoms with Gasteiger partial charge in [0.05, 0.1) is 15.5 Å². The molecule has 0 radical (unpaired) electrons. The first-order chi connectivity index (χ1) is 16.7. The quantitative estimate of drug-likeness (QED) is 0.343. The predicted octanol–water partition coefficient (Wildman–Crippen LogP) is 6.17. The van der Waals surface area contributed by atoms with Gasteiger partial charge in [-0.3, -0.25) is 4.72 Å². The van der Waals surface area contributed by atoms with E-state index in [2.05, 4.69) is 20.5 Å². The van der Waals surface area contributed by atoms with E-state index in [0.717, 1.165) is 24.5 Å².